The van der Waals surface area contributed by atoms with Crippen molar-refractivity contribution >= 4 is 11.8 Å². The van der Waals surface area contributed by atoms with Gasteiger partial charge in [-0.1, -0.05) is 18.6 Å². The van der Waals surface area contributed by atoms with Crippen molar-refractivity contribution in [2.75, 3.05) is 13.1 Å². The molecule has 2 amide bonds. The molecule has 0 bridgehead atoms. The number of carbonyl (C=O) groups excluding carboxylic acids is 2. The van der Waals surface area contributed by atoms with Crippen LogP contribution in [0.2, 0.25) is 0 Å². The van der Waals surface area contributed by atoms with E-state index in [1.165, 1.54) is 31.3 Å². The smallest absolute Gasteiger partial charge is 0.225 e. The molecule has 0 spiro atoms. The topological polar surface area (TPSA) is 49.4 Å². The van der Waals surface area contributed by atoms with Gasteiger partial charge in [0, 0.05) is 25.6 Å². The molecule has 4 heteroatoms. The Bertz CT molecular complexity index is 417. The van der Waals surface area contributed by atoms with Gasteiger partial charge >= 0.3 is 0 Å². The van der Waals surface area contributed by atoms with Crippen molar-refractivity contribution in [2.24, 2.45) is 5.92 Å². The molecule has 1 N–H and O–H groups in total. The summed E-state index contributed by atoms with van der Waals surface area (Å²) < 4.78 is 0. The van der Waals surface area contributed by atoms with E-state index in [1.54, 1.807) is 0 Å². The van der Waals surface area contributed by atoms with Crippen LogP contribution in [0.1, 0.15) is 58.8 Å². The van der Waals surface area contributed by atoms with Crippen molar-refractivity contribution in [1.82, 2.24) is 10.2 Å². The fourth-order valence-electron chi connectivity index (χ4n) is 3.04. The van der Waals surface area contributed by atoms with Crippen LogP contribution in [0.3, 0.4) is 0 Å². The molecular formula is C17H28N2O2. The van der Waals surface area contributed by atoms with Crippen LogP contribution in [0.15, 0.2) is 11.6 Å². The van der Waals surface area contributed by atoms with Gasteiger partial charge in [-0.25, -0.2) is 0 Å². The van der Waals surface area contributed by atoms with Gasteiger partial charge in [-0.15, -0.1) is 0 Å². The Labute approximate surface area is 128 Å². The molecule has 0 aromatic heterocycles. The number of carbonyl (C=O) groups is 2. The van der Waals surface area contributed by atoms with Crippen LogP contribution in [-0.4, -0.2) is 35.8 Å². The van der Waals surface area contributed by atoms with E-state index in [0.717, 1.165) is 19.4 Å². The molecule has 1 saturated heterocycles. The number of amides is 2. The molecule has 1 fully saturated rings. The molecule has 1 heterocycles. The number of hydrogen-bond acceptors (Lipinski definition) is 2. The number of nitrogens with one attached hydrogen (secondary N) is 1. The highest BCUT2D eigenvalue weighted by atomic mass is 16.2. The van der Waals surface area contributed by atoms with E-state index < -0.39 is 0 Å². The summed E-state index contributed by atoms with van der Waals surface area (Å²) in [6, 6.07) is 0.189. The number of rotatable bonds is 6. The zero-order valence-corrected chi connectivity index (χ0v) is 13.4. The lowest BCUT2D eigenvalue weighted by Gasteiger charge is -2.19. The largest absolute Gasteiger partial charge is 0.353 e. The Hall–Kier alpha value is -1.32. The summed E-state index contributed by atoms with van der Waals surface area (Å²) in [5, 5.41) is 2.99. The fraction of sp³-hybridized carbons (Fsp3) is 0.765. The Morgan fingerprint density at radius 1 is 1.48 bits per heavy atom. The molecule has 1 aliphatic carbocycles. The van der Waals surface area contributed by atoms with Crippen molar-refractivity contribution in [2.45, 2.75) is 64.8 Å². The normalized spacial score (nSPS) is 23.9. The summed E-state index contributed by atoms with van der Waals surface area (Å²) in [5.41, 5.74) is 1.49. The Morgan fingerprint density at radius 2 is 2.29 bits per heavy atom. The second-order valence-electron chi connectivity index (χ2n) is 6.42. The van der Waals surface area contributed by atoms with Crippen molar-refractivity contribution in [3.63, 3.8) is 0 Å². The van der Waals surface area contributed by atoms with Crippen LogP contribution >= 0.6 is 0 Å². The summed E-state index contributed by atoms with van der Waals surface area (Å²) >= 11 is 0. The summed E-state index contributed by atoms with van der Waals surface area (Å²) in [6.07, 6.45) is 9.54. The van der Waals surface area contributed by atoms with E-state index in [1.807, 2.05) is 11.8 Å². The number of hydrogen-bond donors (Lipinski definition) is 1. The molecule has 0 aromatic rings. The molecule has 2 aliphatic rings. The van der Waals surface area contributed by atoms with Gasteiger partial charge in [0.1, 0.15) is 0 Å². The highest BCUT2D eigenvalue weighted by Crippen LogP contribution is 2.23. The molecule has 0 radical (unpaired) electrons. The van der Waals surface area contributed by atoms with Gasteiger partial charge in [-0.2, -0.15) is 0 Å². The lowest BCUT2D eigenvalue weighted by atomic mass is 9.97. The van der Waals surface area contributed by atoms with Gasteiger partial charge in [0.25, 0.3) is 0 Å². The zero-order chi connectivity index (χ0) is 15.2. The van der Waals surface area contributed by atoms with Gasteiger partial charge < -0.3 is 10.2 Å². The van der Waals surface area contributed by atoms with Gasteiger partial charge in [0.2, 0.25) is 11.8 Å². The number of likely N-dealkylation sites (tertiary alicyclic amines) is 1. The van der Waals surface area contributed by atoms with Crippen molar-refractivity contribution in [3.8, 4) is 0 Å². The number of nitrogens with zero attached hydrogens (tertiary/aromatic N) is 1. The molecular weight excluding hydrogens is 264 g/mol. The highest BCUT2D eigenvalue weighted by molar-refractivity contribution is 5.89. The summed E-state index contributed by atoms with van der Waals surface area (Å²) in [6.45, 7) is 5.42. The SMILES string of the molecule is CCC(C)NC(=O)C1CC(=O)N(CCC2=CCCCC2)C1. The summed E-state index contributed by atoms with van der Waals surface area (Å²) in [5.74, 6) is 0.0135. The molecule has 1 aliphatic heterocycles. The first kappa shape index (κ1) is 16.1. The molecule has 0 aromatic carbocycles. The second kappa shape index (κ2) is 7.62. The van der Waals surface area contributed by atoms with E-state index in [-0.39, 0.29) is 23.8 Å². The minimum atomic E-state index is -0.160. The first-order valence-electron chi connectivity index (χ1n) is 8.36. The Kier molecular flexibility index (Phi) is 5.83. The average molecular weight is 292 g/mol. The van der Waals surface area contributed by atoms with Crippen LogP contribution in [0, 0.1) is 5.92 Å². The highest BCUT2D eigenvalue weighted by Gasteiger charge is 2.34. The average Bonchev–Trinajstić information content (AvgIpc) is 2.87. The minimum absolute atomic E-state index is 0.0390. The zero-order valence-electron chi connectivity index (χ0n) is 13.4. The lowest BCUT2D eigenvalue weighted by Crippen LogP contribution is -2.38. The van der Waals surface area contributed by atoms with Crippen LogP contribution in [0.4, 0.5) is 0 Å². The second-order valence-corrected chi connectivity index (χ2v) is 6.42. The van der Waals surface area contributed by atoms with Crippen molar-refractivity contribution in [3.05, 3.63) is 11.6 Å². The predicted molar refractivity (Wildman–Crippen MR) is 83.8 cm³/mol. The van der Waals surface area contributed by atoms with Crippen LogP contribution in [0.25, 0.3) is 0 Å². The number of allylic oxidation sites excluding steroid dienone is 1. The lowest BCUT2D eigenvalue weighted by molar-refractivity contribution is -0.129. The molecule has 4 nitrogen and oxygen atoms in total. The maximum Gasteiger partial charge on any atom is 0.225 e. The van der Waals surface area contributed by atoms with Gasteiger partial charge in [-0.05, 0) is 45.4 Å². The van der Waals surface area contributed by atoms with Crippen molar-refractivity contribution in [1.29, 1.82) is 0 Å². The minimum Gasteiger partial charge on any atom is -0.353 e. The van der Waals surface area contributed by atoms with Gasteiger partial charge in [0.15, 0.2) is 0 Å². The van der Waals surface area contributed by atoms with E-state index >= 15 is 0 Å². The Balaban J connectivity index is 1.79. The third kappa shape index (κ3) is 4.58. The Morgan fingerprint density at radius 3 is 2.95 bits per heavy atom. The molecule has 21 heavy (non-hydrogen) atoms. The van der Waals surface area contributed by atoms with E-state index in [9.17, 15) is 9.59 Å². The molecule has 118 valence electrons. The fourth-order valence-corrected chi connectivity index (χ4v) is 3.04. The third-order valence-electron chi connectivity index (χ3n) is 4.67. The maximum absolute atomic E-state index is 12.1. The predicted octanol–water partition coefficient (Wildman–Crippen LogP) is 2.64. The van der Waals surface area contributed by atoms with Crippen molar-refractivity contribution < 1.29 is 9.59 Å². The van der Waals surface area contributed by atoms with E-state index in [2.05, 4.69) is 18.3 Å². The molecule has 0 saturated carbocycles. The van der Waals surface area contributed by atoms with Crippen LogP contribution < -0.4 is 5.32 Å². The maximum atomic E-state index is 12.1. The summed E-state index contributed by atoms with van der Waals surface area (Å²) in [4.78, 5) is 26.0. The molecule has 2 rings (SSSR count). The van der Waals surface area contributed by atoms with Crippen LogP contribution in [0.5, 0.6) is 0 Å². The van der Waals surface area contributed by atoms with E-state index in [0.29, 0.717) is 13.0 Å². The van der Waals surface area contributed by atoms with E-state index in [4.69, 9.17) is 0 Å². The monoisotopic (exact) mass is 292 g/mol. The first-order valence-corrected chi connectivity index (χ1v) is 8.36. The van der Waals surface area contributed by atoms with Gasteiger partial charge in [0.05, 0.1) is 5.92 Å². The standard InChI is InChI=1S/C17H28N2O2/c1-3-13(2)18-17(21)15-11-16(20)19(12-15)10-9-14-7-5-4-6-8-14/h7,13,15H,3-6,8-12H2,1-2H3,(H,18,21). The molecule has 2 unspecified atom stereocenters. The first-order chi connectivity index (χ1) is 10.1. The quantitative estimate of drug-likeness (QED) is 0.765. The van der Waals surface area contributed by atoms with Crippen LogP contribution in [-0.2, 0) is 9.59 Å². The van der Waals surface area contributed by atoms with Gasteiger partial charge in [-0.3, -0.25) is 9.59 Å². The molecule has 2 atom stereocenters. The summed E-state index contributed by atoms with van der Waals surface area (Å²) in [7, 11) is 0. The third-order valence-corrected chi connectivity index (χ3v) is 4.67.